The van der Waals surface area contributed by atoms with Gasteiger partial charge in [-0.25, -0.2) is 9.18 Å². The number of carbonyl (C=O) groups is 1. The molecule has 0 aliphatic heterocycles. The molecular weight excluding hydrogens is 273 g/mol. The molecular formula is C16H18FNO3. The lowest BCUT2D eigenvalue weighted by atomic mass is 10.1. The number of carbonyl (C=O) groups excluding carboxylic acids is 1. The Labute approximate surface area is 122 Å². The molecule has 0 bridgehead atoms. The lowest BCUT2D eigenvalue weighted by Gasteiger charge is -2.13. The minimum atomic E-state index is -0.426. The smallest absolute Gasteiger partial charge is 0.341 e. The molecule has 1 unspecified atom stereocenters. The maximum atomic E-state index is 13.7. The summed E-state index contributed by atoms with van der Waals surface area (Å²) < 4.78 is 23.8. The summed E-state index contributed by atoms with van der Waals surface area (Å²) in [6, 6.07) is 8.09. The van der Waals surface area contributed by atoms with Gasteiger partial charge in [-0.1, -0.05) is 18.2 Å². The van der Waals surface area contributed by atoms with E-state index >= 15 is 0 Å². The van der Waals surface area contributed by atoms with Crippen molar-refractivity contribution in [2.75, 3.05) is 7.11 Å². The van der Waals surface area contributed by atoms with Crippen LogP contribution in [0.2, 0.25) is 0 Å². The fraction of sp³-hybridized carbons (Fsp3) is 0.312. The van der Waals surface area contributed by atoms with Crippen molar-refractivity contribution >= 4 is 5.97 Å². The molecule has 0 fully saturated rings. The lowest BCUT2D eigenvalue weighted by Crippen LogP contribution is -2.18. The van der Waals surface area contributed by atoms with Gasteiger partial charge in [0.25, 0.3) is 0 Å². The summed E-state index contributed by atoms with van der Waals surface area (Å²) in [5.41, 5.74) is 1.00. The third kappa shape index (κ3) is 3.49. The van der Waals surface area contributed by atoms with Crippen molar-refractivity contribution in [2.45, 2.75) is 26.4 Å². The number of benzene rings is 1. The Hall–Kier alpha value is -2.14. The SMILES string of the molecule is COC(=O)c1cc(CNC(C)c2ccccc2F)oc1C. The van der Waals surface area contributed by atoms with Gasteiger partial charge in [0.1, 0.15) is 22.9 Å². The van der Waals surface area contributed by atoms with E-state index in [1.54, 1.807) is 31.2 Å². The van der Waals surface area contributed by atoms with Gasteiger partial charge in [-0.3, -0.25) is 0 Å². The maximum Gasteiger partial charge on any atom is 0.341 e. The van der Waals surface area contributed by atoms with E-state index in [4.69, 9.17) is 4.42 Å². The van der Waals surface area contributed by atoms with Crippen molar-refractivity contribution in [1.82, 2.24) is 5.32 Å². The number of furan rings is 1. The van der Waals surface area contributed by atoms with Gasteiger partial charge in [0.15, 0.2) is 0 Å². The number of nitrogens with one attached hydrogen (secondary N) is 1. The molecule has 0 radical (unpaired) electrons. The zero-order valence-corrected chi connectivity index (χ0v) is 12.3. The highest BCUT2D eigenvalue weighted by atomic mass is 19.1. The van der Waals surface area contributed by atoms with Gasteiger partial charge in [-0.2, -0.15) is 0 Å². The predicted molar refractivity (Wildman–Crippen MR) is 76.4 cm³/mol. The lowest BCUT2D eigenvalue weighted by molar-refractivity contribution is 0.0599. The number of hydrogen-bond acceptors (Lipinski definition) is 4. The van der Waals surface area contributed by atoms with Crippen molar-refractivity contribution in [1.29, 1.82) is 0 Å². The second-order valence-corrected chi connectivity index (χ2v) is 4.80. The molecule has 1 atom stereocenters. The number of aryl methyl sites for hydroxylation is 1. The van der Waals surface area contributed by atoms with Crippen LogP contribution in [0, 0.1) is 12.7 Å². The van der Waals surface area contributed by atoms with Crippen molar-refractivity contribution in [3.63, 3.8) is 0 Å². The summed E-state index contributed by atoms with van der Waals surface area (Å²) >= 11 is 0. The van der Waals surface area contributed by atoms with E-state index in [-0.39, 0.29) is 11.9 Å². The highest BCUT2D eigenvalue weighted by molar-refractivity contribution is 5.90. The van der Waals surface area contributed by atoms with Crippen molar-refractivity contribution in [3.8, 4) is 0 Å². The molecule has 0 spiro atoms. The number of esters is 1. The summed E-state index contributed by atoms with van der Waals surface area (Å²) in [4.78, 5) is 11.5. The van der Waals surface area contributed by atoms with Crippen LogP contribution in [0.25, 0.3) is 0 Å². The standard InChI is InChI=1S/C16H18FNO3/c1-10(13-6-4-5-7-15(13)17)18-9-12-8-14(11(2)21-12)16(19)20-3/h4-8,10,18H,9H2,1-3H3. The summed E-state index contributed by atoms with van der Waals surface area (Å²) in [5.74, 6) is 0.446. The first-order valence-electron chi connectivity index (χ1n) is 6.68. The zero-order valence-electron chi connectivity index (χ0n) is 12.3. The topological polar surface area (TPSA) is 51.5 Å². The number of methoxy groups -OCH3 is 1. The van der Waals surface area contributed by atoms with Crippen LogP contribution in [0.5, 0.6) is 0 Å². The van der Waals surface area contributed by atoms with Crippen LogP contribution in [0.15, 0.2) is 34.7 Å². The maximum absolute atomic E-state index is 13.7. The Bertz CT molecular complexity index is 636. The van der Waals surface area contributed by atoms with E-state index in [1.807, 2.05) is 6.92 Å². The van der Waals surface area contributed by atoms with Gasteiger partial charge in [-0.05, 0) is 26.0 Å². The molecule has 2 aromatic rings. The van der Waals surface area contributed by atoms with Crippen molar-refractivity contribution < 1.29 is 18.3 Å². The Morgan fingerprint density at radius 1 is 1.43 bits per heavy atom. The minimum absolute atomic E-state index is 0.168. The molecule has 0 aliphatic carbocycles. The monoisotopic (exact) mass is 291 g/mol. The molecule has 4 nitrogen and oxygen atoms in total. The zero-order chi connectivity index (χ0) is 15.4. The van der Waals surface area contributed by atoms with E-state index < -0.39 is 5.97 Å². The number of hydrogen-bond donors (Lipinski definition) is 1. The van der Waals surface area contributed by atoms with Crippen LogP contribution in [-0.2, 0) is 11.3 Å². The van der Waals surface area contributed by atoms with E-state index in [9.17, 15) is 9.18 Å². The van der Waals surface area contributed by atoms with Crippen LogP contribution in [0.3, 0.4) is 0 Å². The molecule has 0 saturated heterocycles. The van der Waals surface area contributed by atoms with Crippen LogP contribution in [-0.4, -0.2) is 13.1 Å². The fourth-order valence-corrected chi connectivity index (χ4v) is 2.13. The number of ether oxygens (including phenoxy) is 1. The molecule has 1 aromatic heterocycles. The van der Waals surface area contributed by atoms with Gasteiger partial charge in [0.05, 0.1) is 13.7 Å². The van der Waals surface area contributed by atoms with E-state index in [1.165, 1.54) is 13.2 Å². The van der Waals surface area contributed by atoms with Gasteiger partial charge >= 0.3 is 5.97 Å². The summed E-state index contributed by atoms with van der Waals surface area (Å²) in [5, 5.41) is 3.17. The van der Waals surface area contributed by atoms with Crippen LogP contribution >= 0.6 is 0 Å². The van der Waals surface area contributed by atoms with Crippen LogP contribution < -0.4 is 5.32 Å². The molecule has 0 saturated carbocycles. The first kappa shape index (κ1) is 15.3. The second-order valence-electron chi connectivity index (χ2n) is 4.80. The third-order valence-electron chi connectivity index (χ3n) is 3.33. The molecule has 0 amide bonds. The van der Waals surface area contributed by atoms with E-state index in [0.717, 1.165) is 0 Å². The van der Waals surface area contributed by atoms with E-state index in [2.05, 4.69) is 10.1 Å². The molecule has 21 heavy (non-hydrogen) atoms. The largest absolute Gasteiger partial charge is 0.465 e. The van der Waals surface area contributed by atoms with Crippen LogP contribution in [0.4, 0.5) is 4.39 Å². The molecule has 2 rings (SSSR count). The van der Waals surface area contributed by atoms with Gasteiger partial charge in [0, 0.05) is 11.6 Å². The highest BCUT2D eigenvalue weighted by Crippen LogP contribution is 2.19. The molecule has 5 heteroatoms. The van der Waals surface area contributed by atoms with Crippen molar-refractivity contribution in [3.05, 3.63) is 58.8 Å². The second kappa shape index (κ2) is 6.54. The van der Waals surface area contributed by atoms with Gasteiger partial charge in [-0.15, -0.1) is 0 Å². The average Bonchev–Trinajstić information content (AvgIpc) is 2.85. The van der Waals surface area contributed by atoms with E-state index in [0.29, 0.717) is 29.2 Å². The highest BCUT2D eigenvalue weighted by Gasteiger charge is 2.16. The van der Waals surface area contributed by atoms with Crippen LogP contribution in [0.1, 0.15) is 40.4 Å². The molecule has 112 valence electrons. The Morgan fingerprint density at radius 2 is 2.14 bits per heavy atom. The minimum Gasteiger partial charge on any atom is -0.465 e. The Morgan fingerprint density at radius 3 is 2.81 bits per heavy atom. The first-order chi connectivity index (χ1) is 10.0. The summed E-state index contributed by atoms with van der Waals surface area (Å²) in [6.45, 7) is 3.97. The quantitative estimate of drug-likeness (QED) is 0.858. The summed E-state index contributed by atoms with van der Waals surface area (Å²) in [6.07, 6.45) is 0. The molecule has 0 aliphatic rings. The molecule has 1 aromatic carbocycles. The normalized spacial score (nSPS) is 12.2. The Balaban J connectivity index is 2.03. The number of rotatable bonds is 5. The van der Waals surface area contributed by atoms with Gasteiger partial charge in [0.2, 0.25) is 0 Å². The summed E-state index contributed by atoms with van der Waals surface area (Å²) in [7, 11) is 1.33. The first-order valence-corrected chi connectivity index (χ1v) is 6.68. The fourth-order valence-electron chi connectivity index (χ4n) is 2.13. The molecule has 1 heterocycles. The molecule has 1 N–H and O–H groups in total. The van der Waals surface area contributed by atoms with Crippen molar-refractivity contribution in [2.24, 2.45) is 0 Å². The Kier molecular flexibility index (Phi) is 4.75. The average molecular weight is 291 g/mol. The predicted octanol–water partition coefficient (Wildman–Crippen LogP) is 3.36. The number of halogens is 1. The third-order valence-corrected chi connectivity index (χ3v) is 3.33. The van der Waals surface area contributed by atoms with Gasteiger partial charge < -0.3 is 14.5 Å².